The monoisotopic (exact) mass is 374 g/mol. The van der Waals surface area contributed by atoms with Gasteiger partial charge >= 0.3 is 0 Å². The van der Waals surface area contributed by atoms with Crippen molar-refractivity contribution in [2.24, 2.45) is 0 Å². The summed E-state index contributed by atoms with van der Waals surface area (Å²) < 4.78 is 0.478. The number of halogens is 1. The Hall–Kier alpha value is -2.20. The third kappa shape index (κ3) is 3.19. The number of Topliss-reactive ketones (excluding diaryl/α,β-unsaturated/α-hetero) is 1. The number of hydrogen-bond acceptors (Lipinski definition) is 5. The van der Waals surface area contributed by atoms with Crippen molar-refractivity contribution in [3.8, 4) is 6.07 Å². The number of para-hydroxylation sites is 1. The molecule has 0 radical (unpaired) electrons. The highest BCUT2D eigenvalue weighted by Crippen LogP contribution is 2.43. The lowest BCUT2D eigenvalue weighted by atomic mass is 9.89. The minimum absolute atomic E-state index is 0.316. The Balaban J connectivity index is 1.91. The summed E-state index contributed by atoms with van der Waals surface area (Å²) in [7, 11) is 0. The van der Waals surface area contributed by atoms with Gasteiger partial charge in [-0.25, -0.2) is 0 Å². The number of nitrogens with zero attached hydrogens (tertiary/aromatic N) is 2. The predicted molar refractivity (Wildman–Crippen MR) is 95.8 cm³/mol. The maximum absolute atomic E-state index is 12.9. The van der Waals surface area contributed by atoms with Gasteiger partial charge in [-0.15, -0.1) is 11.3 Å². The Morgan fingerprint density at radius 2 is 2.08 bits per heavy atom. The van der Waals surface area contributed by atoms with Gasteiger partial charge in [-0.3, -0.25) is 9.59 Å². The molecule has 0 fully saturated rings. The van der Waals surface area contributed by atoms with Gasteiger partial charge in [0.05, 0.1) is 27.4 Å². The van der Waals surface area contributed by atoms with Crippen LogP contribution in [-0.2, 0) is 10.4 Å². The molecule has 1 atom stereocenters. The molecule has 1 N–H and O–H groups in total. The van der Waals surface area contributed by atoms with Crippen molar-refractivity contribution >= 4 is 40.3 Å². The molecule has 2 aromatic rings. The highest BCUT2D eigenvalue weighted by atomic mass is 35.5. The number of rotatable bonds is 6. The highest BCUT2D eigenvalue weighted by Gasteiger charge is 2.50. The number of ketones is 1. The van der Waals surface area contributed by atoms with E-state index in [4.69, 9.17) is 16.9 Å². The number of carbonyl (C=O) groups excluding carboxylic acids is 2. The first kappa shape index (κ1) is 17.6. The number of amides is 1. The molecule has 0 unspecified atom stereocenters. The lowest BCUT2D eigenvalue weighted by Gasteiger charge is -2.22. The van der Waals surface area contributed by atoms with Gasteiger partial charge in [0.15, 0.2) is 11.4 Å². The molecule has 0 aliphatic carbocycles. The fraction of sp³-hybridized carbons (Fsp3) is 0.278. The Morgan fingerprint density at radius 1 is 1.32 bits per heavy atom. The zero-order chi connectivity index (χ0) is 18.0. The second kappa shape index (κ2) is 6.96. The van der Waals surface area contributed by atoms with Gasteiger partial charge in [-0.05, 0) is 24.6 Å². The standard InChI is InChI=1S/C18H15ClN2O3S/c19-16-8-7-15(25-16)14(22)11-18(24)12-5-1-2-6-13(12)21(17(18)23)10-4-3-9-20/h1-2,5-8,24H,3-4,10-11H2/t18-/m0/s1. The summed E-state index contributed by atoms with van der Waals surface area (Å²) in [6.07, 6.45) is 0.479. The van der Waals surface area contributed by atoms with Crippen LogP contribution in [0.5, 0.6) is 0 Å². The van der Waals surface area contributed by atoms with Crippen molar-refractivity contribution < 1.29 is 14.7 Å². The first-order valence-corrected chi connectivity index (χ1v) is 8.96. The summed E-state index contributed by atoms with van der Waals surface area (Å²) >= 11 is 6.98. The van der Waals surface area contributed by atoms with Gasteiger partial charge in [0, 0.05) is 18.5 Å². The fourth-order valence-corrected chi connectivity index (χ4v) is 3.98. The van der Waals surface area contributed by atoms with Crippen molar-refractivity contribution in [1.82, 2.24) is 0 Å². The van der Waals surface area contributed by atoms with E-state index in [-0.39, 0.29) is 12.2 Å². The predicted octanol–water partition coefficient (Wildman–Crippen LogP) is 3.51. The van der Waals surface area contributed by atoms with Crippen molar-refractivity contribution in [2.45, 2.75) is 24.9 Å². The smallest absolute Gasteiger partial charge is 0.264 e. The lowest BCUT2D eigenvalue weighted by Crippen LogP contribution is -2.42. The molecule has 1 aliphatic rings. The van der Waals surface area contributed by atoms with Crippen molar-refractivity contribution in [3.63, 3.8) is 0 Å². The van der Waals surface area contributed by atoms with Gasteiger partial charge in [0.25, 0.3) is 5.91 Å². The van der Waals surface area contributed by atoms with E-state index in [1.807, 2.05) is 6.07 Å². The van der Waals surface area contributed by atoms with Crippen LogP contribution in [0.1, 0.15) is 34.5 Å². The van der Waals surface area contributed by atoms with Gasteiger partial charge in [-0.1, -0.05) is 29.8 Å². The van der Waals surface area contributed by atoms with E-state index in [1.165, 1.54) is 4.90 Å². The fourth-order valence-electron chi connectivity index (χ4n) is 3.00. The number of fused-ring (bicyclic) bond motifs is 1. The number of carbonyl (C=O) groups is 2. The van der Waals surface area contributed by atoms with E-state index in [2.05, 4.69) is 0 Å². The second-order valence-electron chi connectivity index (χ2n) is 5.80. The van der Waals surface area contributed by atoms with Crippen molar-refractivity contribution in [1.29, 1.82) is 5.26 Å². The molecule has 1 aliphatic heterocycles. The average Bonchev–Trinajstić information content (AvgIpc) is 3.12. The van der Waals surface area contributed by atoms with Crippen molar-refractivity contribution in [2.75, 3.05) is 11.4 Å². The van der Waals surface area contributed by atoms with Crippen LogP contribution in [0.15, 0.2) is 36.4 Å². The summed E-state index contributed by atoms with van der Waals surface area (Å²) in [5, 5.41) is 19.8. The number of thiophene rings is 1. The Labute approximate surface area is 154 Å². The number of benzene rings is 1. The van der Waals surface area contributed by atoms with Crippen LogP contribution < -0.4 is 4.90 Å². The first-order chi connectivity index (χ1) is 12.0. The third-order valence-electron chi connectivity index (χ3n) is 4.17. The molecule has 0 bridgehead atoms. The minimum atomic E-state index is -1.89. The van der Waals surface area contributed by atoms with Gasteiger partial charge in [0.1, 0.15) is 0 Å². The third-order valence-corrected chi connectivity index (χ3v) is 5.45. The Morgan fingerprint density at radius 3 is 2.76 bits per heavy atom. The molecule has 1 aromatic carbocycles. The van der Waals surface area contributed by atoms with E-state index in [9.17, 15) is 14.7 Å². The zero-order valence-electron chi connectivity index (χ0n) is 13.2. The molecule has 1 aromatic heterocycles. The summed E-state index contributed by atoms with van der Waals surface area (Å²) in [6, 6.07) is 12.1. The number of hydrogen-bond donors (Lipinski definition) is 1. The van der Waals surface area contributed by atoms with Gasteiger partial charge in [0.2, 0.25) is 0 Å². The van der Waals surface area contributed by atoms with E-state index < -0.39 is 11.5 Å². The van der Waals surface area contributed by atoms with Crippen LogP contribution in [0, 0.1) is 11.3 Å². The number of nitriles is 1. The molecule has 0 saturated heterocycles. The largest absolute Gasteiger partial charge is 0.375 e. The molecular weight excluding hydrogens is 360 g/mol. The summed E-state index contributed by atoms with van der Waals surface area (Å²) in [4.78, 5) is 27.3. The molecular formula is C18H15ClN2O3S. The van der Waals surface area contributed by atoms with Gasteiger partial charge < -0.3 is 10.0 Å². The molecule has 128 valence electrons. The molecule has 0 spiro atoms. The highest BCUT2D eigenvalue weighted by molar-refractivity contribution is 7.18. The normalized spacial score (nSPS) is 18.9. The average molecular weight is 375 g/mol. The maximum atomic E-state index is 12.9. The summed E-state index contributed by atoms with van der Waals surface area (Å²) in [5.74, 6) is -0.857. The van der Waals surface area contributed by atoms with Crippen LogP contribution in [-0.4, -0.2) is 23.3 Å². The lowest BCUT2D eigenvalue weighted by molar-refractivity contribution is -0.135. The Kier molecular flexibility index (Phi) is 4.91. The molecule has 25 heavy (non-hydrogen) atoms. The SMILES string of the molecule is N#CCCCN1C(=O)[C@](O)(CC(=O)c2ccc(Cl)s2)c2ccccc21. The molecule has 5 nitrogen and oxygen atoms in total. The van der Waals surface area contributed by atoms with E-state index in [0.29, 0.717) is 39.9 Å². The van der Waals surface area contributed by atoms with Gasteiger partial charge in [-0.2, -0.15) is 5.26 Å². The number of anilines is 1. The summed E-state index contributed by atoms with van der Waals surface area (Å²) in [6.45, 7) is 0.324. The molecule has 0 saturated carbocycles. The molecule has 7 heteroatoms. The molecule has 1 amide bonds. The van der Waals surface area contributed by atoms with Crippen LogP contribution in [0.4, 0.5) is 5.69 Å². The van der Waals surface area contributed by atoms with Crippen LogP contribution in [0.2, 0.25) is 4.34 Å². The molecule has 3 rings (SSSR count). The van der Waals surface area contributed by atoms with E-state index in [0.717, 1.165) is 11.3 Å². The second-order valence-corrected chi connectivity index (χ2v) is 7.51. The molecule has 2 heterocycles. The quantitative estimate of drug-likeness (QED) is 0.619. The van der Waals surface area contributed by atoms with Crippen LogP contribution in [0.3, 0.4) is 0 Å². The Bertz CT molecular complexity index is 873. The van der Waals surface area contributed by atoms with E-state index >= 15 is 0 Å². The summed E-state index contributed by atoms with van der Waals surface area (Å²) in [5.41, 5.74) is -0.880. The number of aliphatic hydroxyl groups is 1. The first-order valence-electron chi connectivity index (χ1n) is 7.76. The van der Waals surface area contributed by atoms with Crippen LogP contribution in [0.25, 0.3) is 0 Å². The minimum Gasteiger partial charge on any atom is -0.375 e. The maximum Gasteiger partial charge on any atom is 0.264 e. The van der Waals surface area contributed by atoms with Crippen LogP contribution >= 0.6 is 22.9 Å². The van der Waals surface area contributed by atoms with Crippen molar-refractivity contribution in [3.05, 3.63) is 51.2 Å². The number of unbranched alkanes of at least 4 members (excludes halogenated alkanes) is 1. The topological polar surface area (TPSA) is 81.4 Å². The zero-order valence-corrected chi connectivity index (χ0v) is 14.8. The van der Waals surface area contributed by atoms with E-state index in [1.54, 1.807) is 36.4 Å².